The maximum Gasteiger partial charge on any atom is 0.315 e. The van der Waals surface area contributed by atoms with Crippen molar-refractivity contribution in [1.29, 1.82) is 0 Å². The molecule has 0 unspecified atom stereocenters. The van der Waals surface area contributed by atoms with E-state index < -0.39 is 11.6 Å². The molecule has 0 atom stereocenters. The number of carbonyl (C=O) groups is 1. The van der Waals surface area contributed by atoms with Gasteiger partial charge in [-0.15, -0.1) is 0 Å². The number of halogens is 2. The molecule has 2 N–H and O–H groups in total. The molecule has 0 fully saturated rings. The lowest BCUT2D eigenvalue weighted by molar-refractivity contribution is 0.235. The fourth-order valence-corrected chi connectivity index (χ4v) is 2.03. The van der Waals surface area contributed by atoms with Gasteiger partial charge in [0.25, 0.3) is 0 Å². The van der Waals surface area contributed by atoms with Crippen LogP contribution in [0.4, 0.5) is 13.6 Å². The summed E-state index contributed by atoms with van der Waals surface area (Å²) >= 11 is 0. The number of benzene rings is 1. The van der Waals surface area contributed by atoms with Crippen LogP contribution in [0.3, 0.4) is 0 Å². The van der Waals surface area contributed by atoms with E-state index in [9.17, 15) is 13.6 Å². The number of pyridine rings is 1. The SMILES string of the molecule is CCCOc1ncccc1CNC(=O)NCCOc1ccc(F)c(F)c1. The molecule has 1 aromatic carbocycles. The van der Waals surface area contributed by atoms with Gasteiger partial charge in [0.15, 0.2) is 11.6 Å². The van der Waals surface area contributed by atoms with Gasteiger partial charge < -0.3 is 20.1 Å². The second-order valence-corrected chi connectivity index (χ2v) is 5.35. The van der Waals surface area contributed by atoms with Crippen LogP contribution in [0.2, 0.25) is 0 Å². The molecule has 0 saturated carbocycles. The Morgan fingerprint density at radius 3 is 2.73 bits per heavy atom. The summed E-state index contributed by atoms with van der Waals surface area (Å²) in [5, 5.41) is 5.30. The van der Waals surface area contributed by atoms with Gasteiger partial charge in [0.05, 0.1) is 13.2 Å². The molecule has 1 heterocycles. The molecule has 0 bridgehead atoms. The summed E-state index contributed by atoms with van der Waals surface area (Å²) in [7, 11) is 0. The van der Waals surface area contributed by atoms with E-state index in [4.69, 9.17) is 9.47 Å². The van der Waals surface area contributed by atoms with Crippen LogP contribution in [-0.4, -0.2) is 30.8 Å². The molecule has 0 spiro atoms. The van der Waals surface area contributed by atoms with Crippen molar-refractivity contribution < 1.29 is 23.0 Å². The highest BCUT2D eigenvalue weighted by atomic mass is 19.2. The lowest BCUT2D eigenvalue weighted by Gasteiger charge is -2.11. The average molecular weight is 365 g/mol. The number of carbonyl (C=O) groups excluding carboxylic acids is 1. The maximum atomic E-state index is 13.0. The molecular weight excluding hydrogens is 344 g/mol. The zero-order valence-corrected chi connectivity index (χ0v) is 14.4. The first-order valence-corrected chi connectivity index (χ1v) is 8.26. The molecule has 0 saturated heterocycles. The van der Waals surface area contributed by atoms with E-state index in [1.807, 2.05) is 13.0 Å². The fourth-order valence-electron chi connectivity index (χ4n) is 2.03. The van der Waals surface area contributed by atoms with E-state index in [2.05, 4.69) is 15.6 Å². The number of hydrogen-bond donors (Lipinski definition) is 2. The number of ether oxygens (including phenoxy) is 2. The van der Waals surface area contributed by atoms with Crippen LogP contribution in [0.5, 0.6) is 11.6 Å². The number of amides is 2. The van der Waals surface area contributed by atoms with Gasteiger partial charge in [0.1, 0.15) is 12.4 Å². The van der Waals surface area contributed by atoms with Crippen LogP contribution < -0.4 is 20.1 Å². The van der Waals surface area contributed by atoms with Crippen LogP contribution in [0.25, 0.3) is 0 Å². The fraction of sp³-hybridized carbons (Fsp3) is 0.333. The Morgan fingerprint density at radius 1 is 1.12 bits per heavy atom. The van der Waals surface area contributed by atoms with Gasteiger partial charge in [-0.2, -0.15) is 0 Å². The van der Waals surface area contributed by atoms with Crippen LogP contribution in [-0.2, 0) is 6.54 Å². The molecule has 2 amide bonds. The molecular formula is C18H21F2N3O3. The van der Waals surface area contributed by atoms with Gasteiger partial charge in [0.2, 0.25) is 5.88 Å². The molecule has 26 heavy (non-hydrogen) atoms. The third-order valence-corrected chi connectivity index (χ3v) is 3.28. The molecule has 2 aromatic rings. The third-order valence-electron chi connectivity index (χ3n) is 3.28. The second kappa shape index (κ2) is 10.2. The Labute approximate surface area is 150 Å². The minimum absolute atomic E-state index is 0.121. The van der Waals surface area contributed by atoms with E-state index in [0.717, 1.165) is 24.1 Å². The van der Waals surface area contributed by atoms with Crippen molar-refractivity contribution in [3.63, 3.8) is 0 Å². The van der Waals surface area contributed by atoms with Gasteiger partial charge >= 0.3 is 6.03 Å². The van der Waals surface area contributed by atoms with Crippen molar-refractivity contribution in [2.24, 2.45) is 0 Å². The Balaban J connectivity index is 1.70. The van der Waals surface area contributed by atoms with E-state index >= 15 is 0 Å². The highest BCUT2D eigenvalue weighted by Crippen LogP contribution is 2.15. The van der Waals surface area contributed by atoms with Crippen molar-refractivity contribution >= 4 is 6.03 Å². The summed E-state index contributed by atoms with van der Waals surface area (Å²) in [6, 6.07) is 6.46. The Bertz CT molecular complexity index is 729. The summed E-state index contributed by atoms with van der Waals surface area (Å²) in [6.07, 6.45) is 2.49. The highest BCUT2D eigenvalue weighted by molar-refractivity contribution is 5.73. The summed E-state index contributed by atoms with van der Waals surface area (Å²) in [6.45, 7) is 3.14. The minimum Gasteiger partial charge on any atom is -0.492 e. The average Bonchev–Trinajstić information content (AvgIpc) is 2.65. The minimum atomic E-state index is -0.981. The lowest BCUT2D eigenvalue weighted by atomic mass is 10.2. The zero-order chi connectivity index (χ0) is 18.8. The molecule has 0 aliphatic rings. The van der Waals surface area contributed by atoms with E-state index in [-0.39, 0.29) is 31.5 Å². The van der Waals surface area contributed by atoms with Gasteiger partial charge in [-0.05, 0) is 24.6 Å². The molecule has 0 radical (unpaired) electrons. The van der Waals surface area contributed by atoms with Crippen LogP contribution in [0.15, 0.2) is 36.5 Å². The standard InChI is InChI=1S/C18H21F2N3O3/c1-2-9-26-17-13(4-3-7-21-17)12-23-18(24)22-8-10-25-14-5-6-15(19)16(20)11-14/h3-7,11H,2,8-10,12H2,1H3,(H2,22,23,24). The molecule has 0 aliphatic carbocycles. The van der Waals surface area contributed by atoms with Gasteiger partial charge in [-0.1, -0.05) is 13.0 Å². The monoisotopic (exact) mass is 365 g/mol. The summed E-state index contributed by atoms with van der Waals surface area (Å²) in [5.41, 5.74) is 0.772. The predicted molar refractivity (Wildman–Crippen MR) is 92.1 cm³/mol. The Morgan fingerprint density at radius 2 is 1.96 bits per heavy atom. The van der Waals surface area contributed by atoms with Crippen LogP contribution >= 0.6 is 0 Å². The van der Waals surface area contributed by atoms with Crippen molar-refractivity contribution in [2.75, 3.05) is 19.8 Å². The van der Waals surface area contributed by atoms with E-state index in [0.29, 0.717) is 12.5 Å². The van der Waals surface area contributed by atoms with Gasteiger partial charge in [-0.25, -0.2) is 18.6 Å². The van der Waals surface area contributed by atoms with Crippen molar-refractivity contribution in [2.45, 2.75) is 19.9 Å². The second-order valence-electron chi connectivity index (χ2n) is 5.35. The molecule has 1 aromatic heterocycles. The van der Waals surface area contributed by atoms with Crippen molar-refractivity contribution in [3.05, 3.63) is 53.7 Å². The van der Waals surface area contributed by atoms with Crippen molar-refractivity contribution in [1.82, 2.24) is 15.6 Å². The van der Waals surface area contributed by atoms with Crippen LogP contribution in [0.1, 0.15) is 18.9 Å². The van der Waals surface area contributed by atoms with E-state index in [1.165, 1.54) is 6.07 Å². The Kier molecular flexibility index (Phi) is 7.60. The maximum absolute atomic E-state index is 13.0. The summed E-state index contributed by atoms with van der Waals surface area (Å²) < 4.78 is 36.6. The van der Waals surface area contributed by atoms with Gasteiger partial charge in [0, 0.05) is 24.4 Å². The number of rotatable bonds is 9. The molecule has 2 rings (SSSR count). The number of nitrogens with one attached hydrogen (secondary N) is 2. The molecule has 0 aliphatic heterocycles. The number of urea groups is 1. The molecule has 8 heteroatoms. The number of hydrogen-bond acceptors (Lipinski definition) is 4. The van der Waals surface area contributed by atoms with Crippen molar-refractivity contribution in [3.8, 4) is 11.6 Å². The lowest BCUT2D eigenvalue weighted by Crippen LogP contribution is -2.37. The summed E-state index contributed by atoms with van der Waals surface area (Å²) in [4.78, 5) is 15.9. The van der Waals surface area contributed by atoms with Crippen LogP contribution in [0, 0.1) is 11.6 Å². The normalized spacial score (nSPS) is 10.3. The first-order chi connectivity index (χ1) is 12.6. The first kappa shape index (κ1) is 19.4. The van der Waals surface area contributed by atoms with Gasteiger partial charge in [-0.3, -0.25) is 0 Å². The quantitative estimate of drug-likeness (QED) is 0.670. The van der Waals surface area contributed by atoms with E-state index in [1.54, 1.807) is 12.3 Å². The molecule has 140 valence electrons. The molecule has 6 nitrogen and oxygen atoms in total. The highest BCUT2D eigenvalue weighted by Gasteiger charge is 2.07. The Hall–Kier alpha value is -2.90. The number of nitrogens with zero attached hydrogens (tertiary/aromatic N) is 1. The third kappa shape index (κ3) is 6.19. The largest absolute Gasteiger partial charge is 0.492 e. The topological polar surface area (TPSA) is 72.5 Å². The number of aromatic nitrogens is 1. The smallest absolute Gasteiger partial charge is 0.315 e. The predicted octanol–water partition coefficient (Wildman–Crippen LogP) is 3.03. The summed E-state index contributed by atoms with van der Waals surface area (Å²) in [5.74, 6) is -1.23. The first-order valence-electron chi connectivity index (χ1n) is 8.26. The zero-order valence-electron chi connectivity index (χ0n) is 14.4.